The van der Waals surface area contributed by atoms with E-state index in [9.17, 15) is 4.79 Å². The molecule has 0 saturated heterocycles. The number of hydrogen-bond donors (Lipinski definition) is 2. The predicted octanol–water partition coefficient (Wildman–Crippen LogP) is 2.85. The van der Waals surface area contributed by atoms with Gasteiger partial charge in [0.05, 0.1) is 0 Å². The fourth-order valence-corrected chi connectivity index (χ4v) is 2.41. The lowest BCUT2D eigenvalue weighted by Gasteiger charge is -2.21. The number of amides is 1. The van der Waals surface area contributed by atoms with Crippen molar-refractivity contribution in [2.24, 2.45) is 0 Å². The zero-order valence-corrected chi connectivity index (χ0v) is 9.28. The van der Waals surface area contributed by atoms with Gasteiger partial charge in [0.2, 0.25) is 0 Å². The van der Waals surface area contributed by atoms with Crippen molar-refractivity contribution in [3.8, 4) is 0 Å². The molecular formula is C13H17NO2. The van der Waals surface area contributed by atoms with E-state index < -0.39 is 5.91 Å². The van der Waals surface area contributed by atoms with Gasteiger partial charge in [-0.3, -0.25) is 10.0 Å². The fourth-order valence-electron chi connectivity index (χ4n) is 2.41. The molecular weight excluding hydrogens is 202 g/mol. The maximum absolute atomic E-state index is 11.1. The molecule has 1 saturated carbocycles. The van der Waals surface area contributed by atoms with E-state index >= 15 is 0 Å². The van der Waals surface area contributed by atoms with Gasteiger partial charge in [-0.05, 0) is 36.5 Å². The van der Waals surface area contributed by atoms with E-state index in [4.69, 9.17) is 5.21 Å². The molecule has 0 bridgehead atoms. The number of carbonyl (C=O) groups is 1. The average molecular weight is 219 g/mol. The lowest BCUT2D eigenvalue weighted by Crippen LogP contribution is -2.18. The maximum atomic E-state index is 11.1. The summed E-state index contributed by atoms with van der Waals surface area (Å²) >= 11 is 0. The second-order valence-corrected chi connectivity index (χ2v) is 4.40. The molecule has 0 atom stereocenters. The lowest BCUT2D eigenvalue weighted by atomic mass is 9.84. The normalized spacial score (nSPS) is 17.1. The Labute approximate surface area is 95.4 Å². The lowest BCUT2D eigenvalue weighted by molar-refractivity contribution is 0.0706. The maximum Gasteiger partial charge on any atom is 0.274 e. The minimum Gasteiger partial charge on any atom is -0.288 e. The van der Waals surface area contributed by atoms with Crippen molar-refractivity contribution < 1.29 is 10.0 Å². The molecule has 0 spiro atoms. The molecule has 1 aromatic rings. The molecule has 16 heavy (non-hydrogen) atoms. The van der Waals surface area contributed by atoms with Crippen LogP contribution < -0.4 is 5.48 Å². The number of nitrogens with one attached hydrogen (secondary N) is 1. The van der Waals surface area contributed by atoms with Crippen LogP contribution in [0.4, 0.5) is 0 Å². The van der Waals surface area contributed by atoms with E-state index in [0.717, 1.165) is 0 Å². The first-order valence-electron chi connectivity index (χ1n) is 5.85. The van der Waals surface area contributed by atoms with Crippen LogP contribution in [-0.2, 0) is 0 Å². The first-order valence-corrected chi connectivity index (χ1v) is 5.85. The van der Waals surface area contributed by atoms with Crippen molar-refractivity contribution in [2.45, 2.75) is 38.0 Å². The van der Waals surface area contributed by atoms with Gasteiger partial charge >= 0.3 is 0 Å². The molecule has 1 aliphatic rings. The smallest absolute Gasteiger partial charge is 0.274 e. The van der Waals surface area contributed by atoms with Gasteiger partial charge in [0.1, 0.15) is 0 Å². The summed E-state index contributed by atoms with van der Waals surface area (Å²) in [5.74, 6) is 0.204. The fraction of sp³-hybridized carbons (Fsp3) is 0.462. The van der Waals surface area contributed by atoms with Crippen LogP contribution in [0, 0.1) is 0 Å². The molecule has 86 valence electrons. The molecule has 2 rings (SSSR count). The summed E-state index contributed by atoms with van der Waals surface area (Å²) in [6, 6.07) is 7.55. The second kappa shape index (κ2) is 5.12. The Morgan fingerprint density at radius 2 is 1.75 bits per heavy atom. The number of hydrogen-bond acceptors (Lipinski definition) is 2. The Kier molecular flexibility index (Phi) is 3.57. The molecule has 0 aromatic heterocycles. The van der Waals surface area contributed by atoms with E-state index in [1.807, 2.05) is 12.1 Å². The summed E-state index contributed by atoms with van der Waals surface area (Å²) in [6.45, 7) is 0. The minimum atomic E-state index is -0.449. The van der Waals surface area contributed by atoms with Crippen LogP contribution in [0.25, 0.3) is 0 Å². The van der Waals surface area contributed by atoms with Crippen molar-refractivity contribution >= 4 is 5.91 Å². The Morgan fingerprint density at radius 3 is 2.31 bits per heavy atom. The largest absolute Gasteiger partial charge is 0.288 e. The molecule has 3 heteroatoms. The van der Waals surface area contributed by atoms with Gasteiger partial charge in [-0.2, -0.15) is 0 Å². The van der Waals surface area contributed by atoms with Crippen molar-refractivity contribution in [1.82, 2.24) is 5.48 Å². The summed E-state index contributed by atoms with van der Waals surface area (Å²) in [4.78, 5) is 11.1. The van der Waals surface area contributed by atoms with Crippen molar-refractivity contribution in [1.29, 1.82) is 0 Å². The summed E-state index contributed by atoms with van der Waals surface area (Å²) in [6.07, 6.45) is 6.48. The highest BCUT2D eigenvalue weighted by Gasteiger charge is 2.15. The highest BCUT2D eigenvalue weighted by Crippen LogP contribution is 2.32. The van der Waals surface area contributed by atoms with E-state index in [2.05, 4.69) is 0 Å². The van der Waals surface area contributed by atoms with Crippen LogP contribution in [0.1, 0.15) is 53.9 Å². The van der Waals surface area contributed by atoms with Crippen molar-refractivity contribution in [3.63, 3.8) is 0 Å². The predicted molar refractivity (Wildman–Crippen MR) is 61.5 cm³/mol. The number of carbonyl (C=O) groups excluding carboxylic acids is 1. The summed E-state index contributed by atoms with van der Waals surface area (Å²) in [5.41, 5.74) is 3.46. The van der Waals surface area contributed by atoms with Gasteiger partial charge in [-0.15, -0.1) is 0 Å². The van der Waals surface area contributed by atoms with E-state index in [1.165, 1.54) is 37.7 Å². The number of rotatable bonds is 2. The van der Waals surface area contributed by atoms with Crippen molar-refractivity contribution in [2.75, 3.05) is 0 Å². The third kappa shape index (κ3) is 2.42. The van der Waals surface area contributed by atoms with Gasteiger partial charge < -0.3 is 0 Å². The third-order valence-electron chi connectivity index (χ3n) is 3.35. The molecule has 0 aliphatic heterocycles. The molecule has 1 aliphatic carbocycles. The standard InChI is InChI=1S/C13H17NO2/c15-13(14-16)12-8-6-11(7-9-12)10-4-2-1-3-5-10/h6-10,16H,1-5H2,(H,14,15). The minimum absolute atomic E-state index is 0.449. The van der Waals surface area contributed by atoms with E-state index in [-0.39, 0.29) is 0 Å². The average Bonchev–Trinajstić information content (AvgIpc) is 2.39. The molecule has 0 radical (unpaired) electrons. The van der Waals surface area contributed by atoms with Crippen molar-refractivity contribution in [3.05, 3.63) is 35.4 Å². The van der Waals surface area contributed by atoms with Crippen LogP contribution in [0.15, 0.2) is 24.3 Å². The summed E-state index contributed by atoms with van der Waals surface area (Å²) in [5, 5.41) is 8.51. The quantitative estimate of drug-likeness (QED) is 0.593. The Hall–Kier alpha value is -1.35. The van der Waals surface area contributed by atoms with Gasteiger partial charge in [0.15, 0.2) is 0 Å². The van der Waals surface area contributed by atoms with Crippen LogP contribution in [0.5, 0.6) is 0 Å². The number of benzene rings is 1. The van der Waals surface area contributed by atoms with Gasteiger partial charge in [-0.1, -0.05) is 31.4 Å². The summed E-state index contributed by atoms with van der Waals surface area (Å²) in [7, 11) is 0. The zero-order chi connectivity index (χ0) is 11.4. The Balaban J connectivity index is 2.09. The highest BCUT2D eigenvalue weighted by molar-refractivity contribution is 5.93. The van der Waals surface area contributed by atoms with E-state index in [0.29, 0.717) is 11.5 Å². The topological polar surface area (TPSA) is 49.3 Å². The molecule has 2 N–H and O–H groups in total. The van der Waals surface area contributed by atoms with Gasteiger partial charge in [0.25, 0.3) is 5.91 Å². The highest BCUT2D eigenvalue weighted by atomic mass is 16.5. The first kappa shape index (κ1) is 11.1. The van der Waals surface area contributed by atoms with Gasteiger partial charge in [0, 0.05) is 5.56 Å². The Bertz CT molecular complexity index is 353. The van der Waals surface area contributed by atoms with E-state index in [1.54, 1.807) is 17.6 Å². The second-order valence-electron chi connectivity index (χ2n) is 4.40. The molecule has 1 aromatic carbocycles. The molecule has 1 fully saturated rings. The SMILES string of the molecule is O=C(NO)c1ccc(C2CCCCC2)cc1. The van der Waals surface area contributed by atoms with Crippen LogP contribution in [0.2, 0.25) is 0 Å². The summed E-state index contributed by atoms with van der Waals surface area (Å²) < 4.78 is 0. The monoisotopic (exact) mass is 219 g/mol. The Morgan fingerprint density at radius 1 is 1.12 bits per heavy atom. The molecule has 0 unspecified atom stereocenters. The molecule has 0 heterocycles. The van der Waals surface area contributed by atoms with Gasteiger partial charge in [-0.25, -0.2) is 5.48 Å². The van der Waals surface area contributed by atoms with Crippen LogP contribution in [0.3, 0.4) is 0 Å². The molecule has 3 nitrogen and oxygen atoms in total. The third-order valence-corrected chi connectivity index (χ3v) is 3.35. The first-order chi connectivity index (χ1) is 7.81. The zero-order valence-electron chi connectivity index (χ0n) is 9.28. The number of hydroxylamine groups is 1. The van der Waals surface area contributed by atoms with Crippen LogP contribution >= 0.6 is 0 Å². The molecule has 1 amide bonds. The van der Waals surface area contributed by atoms with Crippen LogP contribution in [-0.4, -0.2) is 11.1 Å².